The Morgan fingerprint density at radius 3 is 2.84 bits per heavy atom. The number of benzene rings is 1. The van der Waals surface area contributed by atoms with E-state index >= 15 is 0 Å². The third kappa shape index (κ3) is 3.51. The zero-order chi connectivity index (χ0) is 13.8. The molecule has 2 atom stereocenters. The van der Waals surface area contributed by atoms with Crippen LogP contribution in [0.5, 0.6) is 0 Å². The topological polar surface area (TPSA) is 44.5 Å². The molecule has 0 radical (unpaired) electrons. The summed E-state index contributed by atoms with van der Waals surface area (Å²) in [5.74, 6) is 5.51. The van der Waals surface area contributed by atoms with Gasteiger partial charge in [-0.3, -0.25) is 11.3 Å². The molecule has 2 rings (SSSR count). The molecule has 0 aliphatic carbocycles. The second-order valence-electron chi connectivity index (χ2n) is 5.36. The minimum absolute atomic E-state index is 0.0683. The summed E-state index contributed by atoms with van der Waals surface area (Å²) < 4.78 is 13.4. The van der Waals surface area contributed by atoms with Crippen molar-refractivity contribution in [3.8, 4) is 0 Å². The third-order valence-electron chi connectivity index (χ3n) is 3.89. The second-order valence-corrected chi connectivity index (χ2v) is 5.36. The summed E-state index contributed by atoms with van der Waals surface area (Å²) >= 11 is 0. The van der Waals surface area contributed by atoms with E-state index in [1.807, 2.05) is 6.07 Å². The lowest BCUT2D eigenvalue weighted by Crippen LogP contribution is -2.48. The average Bonchev–Trinajstić information content (AvgIpc) is 2.53. The summed E-state index contributed by atoms with van der Waals surface area (Å²) in [5.41, 5.74) is 3.76. The third-order valence-corrected chi connectivity index (χ3v) is 3.89. The molecule has 0 saturated carbocycles. The van der Waals surface area contributed by atoms with Crippen LogP contribution in [0.1, 0.15) is 18.0 Å². The fourth-order valence-electron chi connectivity index (χ4n) is 2.80. The molecule has 0 aromatic heterocycles. The van der Waals surface area contributed by atoms with Crippen molar-refractivity contribution in [3.05, 3.63) is 35.6 Å². The van der Waals surface area contributed by atoms with E-state index in [0.29, 0.717) is 0 Å². The molecule has 106 valence electrons. The normalized spacial score (nSPS) is 24.1. The van der Waals surface area contributed by atoms with Crippen molar-refractivity contribution in [2.24, 2.45) is 5.84 Å². The summed E-state index contributed by atoms with van der Waals surface area (Å²) in [5, 5.41) is 0. The van der Waals surface area contributed by atoms with Gasteiger partial charge in [0.25, 0.3) is 0 Å². The van der Waals surface area contributed by atoms with Gasteiger partial charge in [-0.15, -0.1) is 0 Å². The Morgan fingerprint density at radius 2 is 2.16 bits per heavy atom. The van der Waals surface area contributed by atoms with Gasteiger partial charge in [0.15, 0.2) is 0 Å². The Bertz CT molecular complexity index is 412. The molecule has 1 fully saturated rings. The number of halogens is 1. The van der Waals surface area contributed by atoms with Crippen molar-refractivity contribution in [1.82, 2.24) is 15.2 Å². The first-order valence-electron chi connectivity index (χ1n) is 6.72. The molecule has 3 N–H and O–H groups in total. The van der Waals surface area contributed by atoms with Crippen LogP contribution in [0.25, 0.3) is 0 Å². The maximum absolute atomic E-state index is 13.4. The molecule has 2 unspecified atom stereocenters. The summed E-state index contributed by atoms with van der Waals surface area (Å²) in [4.78, 5) is 4.61. The lowest BCUT2D eigenvalue weighted by molar-refractivity contribution is 0.178. The van der Waals surface area contributed by atoms with E-state index in [0.717, 1.165) is 31.6 Å². The smallest absolute Gasteiger partial charge is 0.123 e. The van der Waals surface area contributed by atoms with E-state index in [1.54, 1.807) is 12.1 Å². The van der Waals surface area contributed by atoms with Crippen molar-refractivity contribution in [3.63, 3.8) is 0 Å². The quantitative estimate of drug-likeness (QED) is 0.632. The summed E-state index contributed by atoms with van der Waals surface area (Å²) in [6.45, 7) is 3.03. The molecule has 1 aliphatic heterocycles. The molecule has 0 bridgehead atoms. The van der Waals surface area contributed by atoms with Gasteiger partial charge in [0.1, 0.15) is 5.82 Å². The second kappa shape index (κ2) is 6.43. The molecule has 5 heteroatoms. The van der Waals surface area contributed by atoms with Crippen LogP contribution in [-0.2, 0) is 0 Å². The van der Waals surface area contributed by atoms with Crippen LogP contribution in [0.2, 0.25) is 0 Å². The fourth-order valence-corrected chi connectivity index (χ4v) is 2.80. The molecule has 1 aliphatic rings. The van der Waals surface area contributed by atoms with Crippen LogP contribution in [0.3, 0.4) is 0 Å². The van der Waals surface area contributed by atoms with Gasteiger partial charge >= 0.3 is 0 Å². The molecule has 19 heavy (non-hydrogen) atoms. The molecule has 1 heterocycles. The van der Waals surface area contributed by atoms with Crippen LogP contribution in [0, 0.1) is 5.82 Å². The highest BCUT2D eigenvalue weighted by molar-refractivity contribution is 5.22. The Morgan fingerprint density at radius 1 is 1.37 bits per heavy atom. The van der Waals surface area contributed by atoms with Crippen LogP contribution in [0.4, 0.5) is 4.39 Å². The van der Waals surface area contributed by atoms with Crippen molar-refractivity contribution in [2.75, 3.05) is 33.7 Å². The highest BCUT2D eigenvalue weighted by Crippen LogP contribution is 2.23. The van der Waals surface area contributed by atoms with Crippen LogP contribution in [0.15, 0.2) is 24.3 Å². The standard InChI is InChI=1S/C14H23FN4/c1-18-7-4-8-19(2)13(10-18)14(17-16)11-5-3-6-12(15)9-11/h3,5-6,9,13-14,17H,4,7-8,10,16H2,1-2H3. The van der Waals surface area contributed by atoms with Crippen molar-refractivity contribution in [1.29, 1.82) is 0 Å². The first kappa shape index (κ1) is 14.4. The summed E-state index contributed by atoms with van der Waals surface area (Å²) in [6, 6.07) is 6.84. The number of nitrogens with zero attached hydrogens (tertiary/aromatic N) is 2. The Balaban J connectivity index is 2.24. The van der Waals surface area contributed by atoms with Crippen molar-refractivity contribution in [2.45, 2.75) is 18.5 Å². The van der Waals surface area contributed by atoms with Crippen molar-refractivity contribution >= 4 is 0 Å². The average molecular weight is 266 g/mol. The van der Waals surface area contributed by atoms with Gasteiger partial charge in [0.2, 0.25) is 0 Å². The number of nitrogens with one attached hydrogen (secondary N) is 1. The maximum Gasteiger partial charge on any atom is 0.123 e. The highest BCUT2D eigenvalue weighted by Gasteiger charge is 2.29. The van der Waals surface area contributed by atoms with Crippen molar-refractivity contribution < 1.29 is 4.39 Å². The van der Waals surface area contributed by atoms with Gasteiger partial charge in [0.05, 0.1) is 6.04 Å². The predicted octanol–water partition coefficient (Wildman–Crippen LogP) is 0.966. The first-order chi connectivity index (χ1) is 9.11. The van der Waals surface area contributed by atoms with Gasteiger partial charge in [0, 0.05) is 12.6 Å². The Labute approximate surface area is 114 Å². The minimum atomic E-state index is -0.220. The van der Waals surface area contributed by atoms with E-state index in [1.165, 1.54) is 6.07 Å². The van der Waals surface area contributed by atoms with Gasteiger partial charge < -0.3 is 9.80 Å². The zero-order valence-corrected chi connectivity index (χ0v) is 11.6. The molecule has 0 spiro atoms. The predicted molar refractivity (Wildman–Crippen MR) is 75.0 cm³/mol. The number of likely N-dealkylation sites (N-methyl/N-ethyl adjacent to an activating group) is 2. The van der Waals surface area contributed by atoms with E-state index < -0.39 is 0 Å². The van der Waals surface area contributed by atoms with Gasteiger partial charge in [-0.05, 0) is 51.3 Å². The van der Waals surface area contributed by atoms with Gasteiger partial charge in [-0.1, -0.05) is 12.1 Å². The van der Waals surface area contributed by atoms with Crippen LogP contribution >= 0.6 is 0 Å². The maximum atomic E-state index is 13.4. The summed E-state index contributed by atoms with van der Waals surface area (Å²) in [7, 11) is 4.22. The van der Waals surface area contributed by atoms with E-state index in [9.17, 15) is 4.39 Å². The van der Waals surface area contributed by atoms with E-state index in [2.05, 4.69) is 29.3 Å². The number of hydrogen-bond donors (Lipinski definition) is 2. The molecular formula is C14H23FN4. The Hall–Kier alpha value is -1.01. The monoisotopic (exact) mass is 266 g/mol. The lowest BCUT2D eigenvalue weighted by atomic mass is 9.98. The SMILES string of the molecule is CN1CCCN(C)C(C(NN)c2cccc(F)c2)C1. The Kier molecular flexibility index (Phi) is 4.87. The molecule has 1 aromatic carbocycles. The minimum Gasteiger partial charge on any atom is -0.305 e. The lowest BCUT2D eigenvalue weighted by Gasteiger charge is -2.34. The molecule has 1 aromatic rings. The van der Waals surface area contributed by atoms with Gasteiger partial charge in [-0.2, -0.15) is 0 Å². The van der Waals surface area contributed by atoms with Crippen LogP contribution < -0.4 is 11.3 Å². The molecule has 1 saturated heterocycles. The largest absolute Gasteiger partial charge is 0.305 e. The van der Waals surface area contributed by atoms with E-state index in [4.69, 9.17) is 5.84 Å². The zero-order valence-electron chi connectivity index (χ0n) is 11.6. The fraction of sp³-hybridized carbons (Fsp3) is 0.571. The molecular weight excluding hydrogens is 243 g/mol. The number of rotatable bonds is 3. The first-order valence-corrected chi connectivity index (χ1v) is 6.72. The number of hydrazine groups is 1. The number of nitrogens with two attached hydrogens (primary N) is 1. The van der Waals surface area contributed by atoms with Crippen LogP contribution in [-0.4, -0.2) is 49.6 Å². The highest BCUT2D eigenvalue weighted by atomic mass is 19.1. The molecule has 0 amide bonds. The molecule has 4 nitrogen and oxygen atoms in total. The van der Waals surface area contributed by atoms with E-state index in [-0.39, 0.29) is 17.9 Å². The summed E-state index contributed by atoms with van der Waals surface area (Å²) in [6.07, 6.45) is 1.14. The van der Waals surface area contributed by atoms with Gasteiger partial charge in [-0.25, -0.2) is 4.39 Å². The number of hydrogen-bond acceptors (Lipinski definition) is 4.